The summed E-state index contributed by atoms with van der Waals surface area (Å²) < 4.78 is 6.68. The Bertz CT molecular complexity index is 719. The Kier molecular flexibility index (Phi) is 4.44. The molecule has 2 aromatic rings. The molecule has 7 nitrogen and oxygen atoms in total. The monoisotopic (exact) mass is 304 g/mol. The van der Waals surface area contributed by atoms with Gasteiger partial charge in [-0.15, -0.1) is 0 Å². The highest BCUT2D eigenvalue weighted by Crippen LogP contribution is 2.24. The molecule has 2 aromatic heterocycles. The van der Waals surface area contributed by atoms with E-state index in [2.05, 4.69) is 10.1 Å². The molecule has 0 radical (unpaired) electrons. The molecule has 0 aromatic carbocycles. The molecule has 1 amide bonds. The number of aromatic nitrogens is 3. The molecule has 7 heteroatoms. The zero-order valence-electron chi connectivity index (χ0n) is 13.2. The van der Waals surface area contributed by atoms with Gasteiger partial charge in [-0.1, -0.05) is 13.8 Å². The average Bonchev–Trinajstić information content (AvgIpc) is 2.87. The number of carbonyl (C=O) groups excluding carboxylic acids is 2. The highest BCUT2D eigenvalue weighted by molar-refractivity contribution is 6.03. The van der Waals surface area contributed by atoms with Crippen molar-refractivity contribution in [1.29, 1.82) is 0 Å². The standard InChI is InChI=1S/C15H20N4O3/c1-8(2)12-5-10(15(21)22-7-13(16)20)11-6-17-19(9(3)4)14(11)18-12/h5-6,8-9H,7H2,1-4H3,(H2,16,20). The lowest BCUT2D eigenvalue weighted by atomic mass is 10.1. The lowest BCUT2D eigenvalue weighted by Crippen LogP contribution is -2.21. The first-order chi connectivity index (χ1) is 10.3. The molecule has 0 atom stereocenters. The van der Waals surface area contributed by atoms with Crippen LogP contribution in [0.5, 0.6) is 0 Å². The fraction of sp³-hybridized carbons (Fsp3) is 0.467. The van der Waals surface area contributed by atoms with Crippen molar-refractivity contribution in [1.82, 2.24) is 14.8 Å². The quantitative estimate of drug-likeness (QED) is 0.849. The Labute approximate surface area is 128 Å². The van der Waals surface area contributed by atoms with Crippen molar-refractivity contribution >= 4 is 22.9 Å². The maximum absolute atomic E-state index is 12.2. The van der Waals surface area contributed by atoms with Crippen LogP contribution < -0.4 is 5.73 Å². The molecule has 118 valence electrons. The van der Waals surface area contributed by atoms with E-state index in [1.807, 2.05) is 27.7 Å². The summed E-state index contributed by atoms with van der Waals surface area (Å²) in [4.78, 5) is 27.6. The first-order valence-corrected chi connectivity index (χ1v) is 7.14. The topological polar surface area (TPSA) is 100 Å². The number of nitrogens with two attached hydrogens (primary N) is 1. The third-order valence-corrected chi connectivity index (χ3v) is 3.23. The van der Waals surface area contributed by atoms with E-state index in [9.17, 15) is 9.59 Å². The average molecular weight is 304 g/mol. The van der Waals surface area contributed by atoms with Crippen molar-refractivity contribution < 1.29 is 14.3 Å². The number of carbonyl (C=O) groups is 2. The minimum atomic E-state index is -0.694. The van der Waals surface area contributed by atoms with E-state index in [1.165, 1.54) is 0 Å². The van der Waals surface area contributed by atoms with Crippen molar-refractivity contribution in [2.24, 2.45) is 5.73 Å². The second kappa shape index (κ2) is 6.13. The molecule has 0 saturated carbocycles. The second-order valence-electron chi connectivity index (χ2n) is 5.71. The molecule has 22 heavy (non-hydrogen) atoms. The molecule has 0 unspecified atom stereocenters. The van der Waals surface area contributed by atoms with Gasteiger partial charge in [0.05, 0.1) is 17.1 Å². The normalized spacial score (nSPS) is 11.4. The van der Waals surface area contributed by atoms with E-state index in [0.29, 0.717) is 16.6 Å². The van der Waals surface area contributed by atoms with Gasteiger partial charge in [0.2, 0.25) is 0 Å². The van der Waals surface area contributed by atoms with Gasteiger partial charge in [0.25, 0.3) is 5.91 Å². The number of hydrogen-bond donors (Lipinski definition) is 1. The van der Waals surface area contributed by atoms with Crippen molar-refractivity contribution in [3.63, 3.8) is 0 Å². The van der Waals surface area contributed by atoms with Gasteiger partial charge in [0.1, 0.15) is 0 Å². The van der Waals surface area contributed by atoms with Crippen molar-refractivity contribution in [2.45, 2.75) is 39.7 Å². The molecule has 0 bridgehead atoms. The van der Waals surface area contributed by atoms with Crippen LogP contribution >= 0.6 is 0 Å². The van der Waals surface area contributed by atoms with Crippen LogP contribution in [0.2, 0.25) is 0 Å². The minimum absolute atomic E-state index is 0.113. The highest BCUT2D eigenvalue weighted by atomic mass is 16.5. The maximum Gasteiger partial charge on any atom is 0.339 e. The zero-order chi connectivity index (χ0) is 16.4. The summed E-state index contributed by atoms with van der Waals surface area (Å²) >= 11 is 0. The molecule has 2 heterocycles. The number of rotatable bonds is 5. The number of fused-ring (bicyclic) bond motifs is 1. The Balaban J connectivity index is 2.56. The van der Waals surface area contributed by atoms with Crippen molar-refractivity contribution in [3.8, 4) is 0 Å². The summed E-state index contributed by atoms with van der Waals surface area (Å²) in [5.41, 5.74) is 6.75. The van der Waals surface area contributed by atoms with Gasteiger partial charge < -0.3 is 10.5 Å². The zero-order valence-corrected chi connectivity index (χ0v) is 13.2. The van der Waals surface area contributed by atoms with Crippen LogP contribution in [0, 0.1) is 0 Å². The van der Waals surface area contributed by atoms with Crippen molar-refractivity contribution in [2.75, 3.05) is 6.61 Å². The van der Waals surface area contributed by atoms with Crippen molar-refractivity contribution in [3.05, 3.63) is 23.5 Å². The third-order valence-electron chi connectivity index (χ3n) is 3.23. The molecule has 0 aliphatic rings. The SMILES string of the molecule is CC(C)c1cc(C(=O)OCC(N)=O)c2cnn(C(C)C)c2n1. The largest absolute Gasteiger partial charge is 0.452 e. The molecule has 0 aliphatic heterocycles. The third kappa shape index (κ3) is 3.08. The second-order valence-corrected chi connectivity index (χ2v) is 5.71. The summed E-state index contributed by atoms with van der Waals surface area (Å²) in [6, 6.07) is 1.80. The number of nitrogens with zero attached hydrogens (tertiary/aromatic N) is 3. The van der Waals surface area contributed by atoms with Gasteiger partial charge >= 0.3 is 5.97 Å². The van der Waals surface area contributed by atoms with E-state index in [0.717, 1.165) is 5.69 Å². The number of esters is 1. The first kappa shape index (κ1) is 15.9. The lowest BCUT2D eigenvalue weighted by molar-refractivity contribution is -0.121. The molecular weight excluding hydrogens is 284 g/mol. The van der Waals surface area contributed by atoms with Crippen LogP contribution in [0.1, 0.15) is 55.7 Å². The number of hydrogen-bond acceptors (Lipinski definition) is 5. The Hall–Kier alpha value is -2.44. The fourth-order valence-corrected chi connectivity index (χ4v) is 2.09. The summed E-state index contributed by atoms with van der Waals surface area (Å²) in [5.74, 6) is -1.15. The summed E-state index contributed by atoms with van der Waals surface area (Å²) in [5, 5.41) is 4.89. The van der Waals surface area contributed by atoms with Gasteiger partial charge in [0.15, 0.2) is 12.3 Å². The number of amides is 1. The maximum atomic E-state index is 12.2. The molecule has 0 fully saturated rings. The van der Waals surface area contributed by atoms with Gasteiger partial charge in [-0.05, 0) is 25.8 Å². The van der Waals surface area contributed by atoms with Gasteiger partial charge in [0, 0.05) is 11.7 Å². The molecular formula is C15H20N4O3. The van der Waals surface area contributed by atoms with Crippen LogP contribution in [-0.4, -0.2) is 33.2 Å². The van der Waals surface area contributed by atoms with Crippen LogP contribution in [0.25, 0.3) is 11.0 Å². The number of primary amides is 1. The van der Waals surface area contributed by atoms with Crippen LogP contribution in [0.3, 0.4) is 0 Å². The van der Waals surface area contributed by atoms with E-state index in [-0.39, 0.29) is 12.0 Å². The molecule has 2 N–H and O–H groups in total. The smallest absolute Gasteiger partial charge is 0.339 e. The lowest BCUT2D eigenvalue weighted by Gasteiger charge is -2.11. The van der Waals surface area contributed by atoms with E-state index in [1.54, 1.807) is 16.9 Å². The Morgan fingerprint density at radius 2 is 2.00 bits per heavy atom. The van der Waals surface area contributed by atoms with Crippen LogP contribution in [-0.2, 0) is 9.53 Å². The van der Waals surface area contributed by atoms with E-state index >= 15 is 0 Å². The number of pyridine rings is 1. The van der Waals surface area contributed by atoms with E-state index < -0.39 is 18.5 Å². The van der Waals surface area contributed by atoms with Crippen LogP contribution in [0.4, 0.5) is 0 Å². The van der Waals surface area contributed by atoms with Crippen LogP contribution in [0.15, 0.2) is 12.3 Å². The summed E-state index contributed by atoms with van der Waals surface area (Å²) in [7, 11) is 0. The molecule has 2 rings (SSSR count). The number of ether oxygens (including phenoxy) is 1. The fourth-order valence-electron chi connectivity index (χ4n) is 2.09. The Morgan fingerprint density at radius 1 is 1.32 bits per heavy atom. The molecule has 0 aliphatic carbocycles. The molecule has 0 saturated heterocycles. The highest BCUT2D eigenvalue weighted by Gasteiger charge is 2.20. The summed E-state index contributed by atoms with van der Waals surface area (Å²) in [6.45, 7) is 7.51. The predicted molar refractivity (Wildman–Crippen MR) is 81.5 cm³/mol. The predicted octanol–water partition coefficient (Wildman–Crippen LogP) is 1.78. The van der Waals surface area contributed by atoms with Gasteiger partial charge in [-0.3, -0.25) is 4.79 Å². The molecule has 0 spiro atoms. The van der Waals surface area contributed by atoms with Gasteiger partial charge in [-0.25, -0.2) is 14.5 Å². The summed E-state index contributed by atoms with van der Waals surface area (Å²) in [6.07, 6.45) is 1.59. The first-order valence-electron chi connectivity index (χ1n) is 7.14. The van der Waals surface area contributed by atoms with E-state index in [4.69, 9.17) is 10.5 Å². The Morgan fingerprint density at radius 3 is 2.55 bits per heavy atom. The van der Waals surface area contributed by atoms with Gasteiger partial charge in [-0.2, -0.15) is 5.10 Å². The minimum Gasteiger partial charge on any atom is -0.452 e.